The fourth-order valence-electron chi connectivity index (χ4n) is 2.04. The number of ether oxygens (including phenoxy) is 1. The first-order valence-electron chi connectivity index (χ1n) is 6.23. The molecule has 0 amide bonds. The Morgan fingerprint density at radius 3 is 2.59 bits per heavy atom. The number of hydrogen-bond acceptors (Lipinski definition) is 3. The molecule has 0 fully saturated rings. The molecule has 0 saturated heterocycles. The van der Waals surface area contributed by atoms with E-state index in [2.05, 4.69) is 29.4 Å². The molecule has 2 rings (SSSR count). The number of nitrogens with one attached hydrogen (secondary N) is 1. The van der Waals surface area contributed by atoms with E-state index < -0.39 is 0 Å². The minimum atomic E-state index is 0.303. The third-order valence-electron chi connectivity index (χ3n) is 3.12. The minimum absolute atomic E-state index is 0.303. The molecule has 0 bridgehead atoms. The first-order valence-corrected chi connectivity index (χ1v) is 6.23. The summed E-state index contributed by atoms with van der Waals surface area (Å²) in [6.45, 7) is 3.14. The van der Waals surface area contributed by atoms with E-state index in [-0.39, 0.29) is 0 Å². The van der Waals surface area contributed by atoms with Gasteiger partial charge in [-0.15, -0.1) is 0 Å². The van der Waals surface area contributed by atoms with E-state index in [0.717, 1.165) is 24.6 Å². The Hall–Kier alpha value is -1.51. The molecule has 3 heteroatoms. The van der Waals surface area contributed by atoms with E-state index in [4.69, 9.17) is 4.74 Å². The largest absolute Gasteiger partial charge is 0.497 e. The fourth-order valence-corrected chi connectivity index (χ4v) is 2.04. The van der Waals surface area contributed by atoms with E-state index in [1.54, 1.807) is 7.11 Å². The Morgan fingerprint density at radius 2 is 2.00 bits per heavy atom. The summed E-state index contributed by atoms with van der Waals surface area (Å²) < 4.78 is 5.15. The molecule has 1 aromatic carbocycles. The minimum Gasteiger partial charge on any atom is -0.497 e. The lowest BCUT2D eigenvalue weighted by molar-refractivity contribution is 0.414. The highest BCUT2D eigenvalue weighted by Crippen LogP contribution is 2.18. The van der Waals surface area contributed by atoms with Crippen LogP contribution in [0.25, 0.3) is 0 Å². The van der Waals surface area contributed by atoms with Crippen molar-refractivity contribution in [2.45, 2.75) is 32.2 Å². The average molecular weight is 232 g/mol. The van der Waals surface area contributed by atoms with Crippen LogP contribution in [0.2, 0.25) is 0 Å². The van der Waals surface area contributed by atoms with E-state index in [9.17, 15) is 0 Å². The van der Waals surface area contributed by atoms with E-state index in [1.807, 2.05) is 12.1 Å². The summed E-state index contributed by atoms with van der Waals surface area (Å²) in [4.78, 5) is 4.51. The Morgan fingerprint density at radius 1 is 1.24 bits per heavy atom. The van der Waals surface area contributed by atoms with Crippen LogP contribution < -0.4 is 10.1 Å². The predicted molar refractivity (Wildman–Crippen MR) is 70.7 cm³/mol. The number of hydrogen-bond donors (Lipinski definition) is 1. The summed E-state index contributed by atoms with van der Waals surface area (Å²) in [5.74, 6) is 2.05. The fraction of sp³-hybridized carbons (Fsp3) is 0.500. The third kappa shape index (κ3) is 3.22. The quantitative estimate of drug-likeness (QED) is 0.869. The van der Waals surface area contributed by atoms with Crippen LogP contribution in [0.15, 0.2) is 29.3 Å². The number of nitrogens with zero attached hydrogens (tertiary/aromatic N) is 1. The topological polar surface area (TPSA) is 33.6 Å². The summed E-state index contributed by atoms with van der Waals surface area (Å²) in [5.41, 5.74) is 1.26. The molecule has 1 N–H and O–H groups in total. The van der Waals surface area contributed by atoms with Gasteiger partial charge < -0.3 is 10.1 Å². The monoisotopic (exact) mass is 232 g/mol. The maximum atomic E-state index is 5.15. The molecule has 1 atom stereocenters. The molecule has 3 nitrogen and oxygen atoms in total. The van der Waals surface area contributed by atoms with Crippen LogP contribution in [0.3, 0.4) is 0 Å². The highest BCUT2D eigenvalue weighted by Gasteiger charge is 2.10. The lowest BCUT2D eigenvalue weighted by Crippen LogP contribution is -2.28. The molecule has 0 radical (unpaired) electrons. The second-order valence-electron chi connectivity index (χ2n) is 4.42. The Kier molecular flexibility index (Phi) is 4.02. The van der Waals surface area contributed by atoms with Crippen LogP contribution in [0, 0.1) is 0 Å². The normalized spacial score (nSPS) is 17.2. The molecule has 1 heterocycles. The van der Waals surface area contributed by atoms with Crippen molar-refractivity contribution in [2.75, 3.05) is 13.7 Å². The van der Waals surface area contributed by atoms with E-state index in [1.165, 1.54) is 18.4 Å². The van der Waals surface area contributed by atoms with E-state index >= 15 is 0 Å². The average Bonchev–Trinajstić information content (AvgIpc) is 2.40. The molecular formula is C14H20N2O. The van der Waals surface area contributed by atoms with Crippen LogP contribution in [0.4, 0.5) is 0 Å². The zero-order valence-electron chi connectivity index (χ0n) is 10.6. The van der Waals surface area contributed by atoms with Crippen molar-refractivity contribution < 1.29 is 4.74 Å². The molecule has 1 aromatic rings. The van der Waals surface area contributed by atoms with E-state index in [0.29, 0.717) is 6.04 Å². The van der Waals surface area contributed by atoms with Gasteiger partial charge in [0.2, 0.25) is 0 Å². The number of amidine groups is 1. The lowest BCUT2D eigenvalue weighted by Gasteiger charge is -2.20. The van der Waals surface area contributed by atoms with Gasteiger partial charge >= 0.3 is 0 Å². The molecule has 92 valence electrons. The summed E-state index contributed by atoms with van der Waals surface area (Å²) in [5, 5.41) is 3.48. The zero-order valence-corrected chi connectivity index (χ0v) is 10.6. The van der Waals surface area contributed by atoms with Crippen molar-refractivity contribution in [2.24, 2.45) is 4.99 Å². The molecule has 0 spiro atoms. The van der Waals surface area contributed by atoms with Gasteiger partial charge in [-0.3, -0.25) is 4.99 Å². The van der Waals surface area contributed by atoms with Gasteiger partial charge in [0.15, 0.2) is 0 Å². The van der Waals surface area contributed by atoms with Gasteiger partial charge in [-0.25, -0.2) is 0 Å². The zero-order chi connectivity index (χ0) is 12.1. The summed E-state index contributed by atoms with van der Waals surface area (Å²) in [6.07, 6.45) is 3.56. The molecule has 1 aliphatic rings. The van der Waals surface area contributed by atoms with Crippen LogP contribution >= 0.6 is 0 Å². The number of methoxy groups -OCH3 is 1. The van der Waals surface area contributed by atoms with Gasteiger partial charge in [0.25, 0.3) is 0 Å². The smallest absolute Gasteiger partial charge is 0.118 e. The van der Waals surface area contributed by atoms with Gasteiger partial charge in [-0.2, -0.15) is 0 Å². The van der Waals surface area contributed by atoms with Crippen molar-refractivity contribution in [1.29, 1.82) is 0 Å². The van der Waals surface area contributed by atoms with Crippen molar-refractivity contribution in [3.8, 4) is 5.75 Å². The van der Waals surface area contributed by atoms with Crippen LogP contribution in [-0.4, -0.2) is 19.5 Å². The van der Waals surface area contributed by atoms with Crippen molar-refractivity contribution in [3.05, 3.63) is 29.8 Å². The van der Waals surface area contributed by atoms with Gasteiger partial charge in [-0.05, 0) is 37.5 Å². The van der Waals surface area contributed by atoms with Crippen LogP contribution in [0.5, 0.6) is 5.75 Å². The van der Waals surface area contributed by atoms with Crippen molar-refractivity contribution >= 4 is 5.84 Å². The standard InChI is InChI=1S/C14H20N2O/c1-11(16-14-5-3-4-10-15-14)12-6-8-13(17-2)9-7-12/h6-9,11H,3-5,10H2,1-2H3,(H,15,16)/t11-/m1/s1. The van der Waals surface area contributed by atoms with Crippen molar-refractivity contribution in [3.63, 3.8) is 0 Å². The molecule has 0 unspecified atom stereocenters. The molecule has 0 aromatic heterocycles. The summed E-state index contributed by atoms with van der Waals surface area (Å²) in [6, 6.07) is 8.49. The lowest BCUT2D eigenvalue weighted by atomic mass is 10.1. The van der Waals surface area contributed by atoms with Gasteiger partial charge in [0.1, 0.15) is 5.75 Å². The second-order valence-corrected chi connectivity index (χ2v) is 4.42. The van der Waals surface area contributed by atoms with Crippen molar-refractivity contribution in [1.82, 2.24) is 5.32 Å². The molecule has 0 saturated carbocycles. The second kappa shape index (κ2) is 5.71. The van der Waals surface area contributed by atoms with Gasteiger partial charge in [0, 0.05) is 19.0 Å². The van der Waals surface area contributed by atoms with Gasteiger partial charge in [-0.1, -0.05) is 12.1 Å². The summed E-state index contributed by atoms with van der Waals surface area (Å²) in [7, 11) is 1.69. The maximum Gasteiger partial charge on any atom is 0.118 e. The highest BCUT2D eigenvalue weighted by atomic mass is 16.5. The SMILES string of the molecule is COc1ccc([C@@H](C)NC2=NCCCC2)cc1. The first kappa shape index (κ1) is 12.0. The number of rotatable bonds is 3. The molecule has 17 heavy (non-hydrogen) atoms. The van der Waals surface area contributed by atoms with Crippen LogP contribution in [0.1, 0.15) is 37.8 Å². The first-order chi connectivity index (χ1) is 8.29. The third-order valence-corrected chi connectivity index (χ3v) is 3.12. The molecular weight excluding hydrogens is 212 g/mol. The molecule has 1 aliphatic heterocycles. The Bertz CT molecular complexity index is 384. The predicted octanol–water partition coefficient (Wildman–Crippen LogP) is 2.93. The van der Waals surface area contributed by atoms with Crippen LogP contribution in [-0.2, 0) is 0 Å². The Labute approximate surface area is 103 Å². The summed E-state index contributed by atoms with van der Waals surface area (Å²) >= 11 is 0. The maximum absolute atomic E-state index is 5.15. The highest BCUT2D eigenvalue weighted by molar-refractivity contribution is 5.83. The van der Waals surface area contributed by atoms with Gasteiger partial charge in [0.05, 0.1) is 12.9 Å². The number of aliphatic imine (C=N–C) groups is 1. The Balaban J connectivity index is 1.98. The molecule has 0 aliphatic carbocycles. The number of benzene rings is 1.